The first kappa shape index (κ1) is 20.6. The number of rotatable bonds is 8. The van der Waals surface area contributed by atoms with Crippen LogP contribution in [0.3, 0.4) is 0 Å². The van der Waals surface area contributed by atoms with Gasteiger partial charge in [0.05, 0.1) is 26.0 Å². The van der Waals surface area contributed by atoms with Crippen molar-refractivity contribution in [2.24, 2.45) is 0 Å². The summed E-state index contributed by atoms with van der Waals surface area (Å²) < 4.78 is 46.0. The van der Waals surface area contributed by atoms with Gasteiger partial charge in [-0.25, -0.2) is 0 Å². The summed E-state index contributed by atoms with van der Waals surface area (Å²) in [6.07, 6.45) is 0.141. The molecule has 8 heteroatoms. The molecule has 1 heterocycles. The lowest BCUT2D eigenvalue weighted by atomic mass is 10.0. The van der Waals surface area contributed by atoms with Gasteiger partial charge in [0, 0.05) is 6.54 Å². The monoisotopic (exact) mass is 407 g/mol. The zero-order chi connectivity index (χ0) is 20.0. The fourth-order valence-corrected chi connectivity index (χ4v) is 3.57. The Hall–Kier alpha value is -2.13. The Morgan fingerprint density at radius 3 is 2.46 bits per heavy atom. The zero-order valence-electron chi connectivity index (χ0n) is 16.0. The molecule has 0 spiro atoms. The van der Waals surface area contributed by atoms with Crippen LogP contribution in [0.4, 0.5) is 0 Å². The van der Waals surface area contributed by atoms with Gasteiger partial charge in [0.25, 0.3) is 10.1 Å². The van der Waals surface area contributed by atoms with E-state index in [1.54, 1.807) is 0 Å². The molecule has 3 rings (SSSR count). The summed E-state index contributed by atoms with van der Waals surface area (Å²) in [4.78, 5) is 0. The van der Waals surface area contributed by atoms with Gasteiger partial charge in [-0.2, -0.15) is 17.8 Å². The van der Waals surface area contributed by atoms with Crippen molar-refractivity contribution in [3.8, 4) is 11.5 Å². The van der Waals surface area contributed by atoms with Crippen LogP contribution in [0.5, 0.6) is 11.5 Å². The highest BCUT2D eigenvalue weighted by molar-refractivity contribution is 7.85. The summed E-state index contributed by atoms with van der Waals surface area (Å²) in [6.45, 7) is 3.38. The molecule has 1 aliphatic rings. The highest BCUT2D eigenvalue weighted by Gasteiger charge is 2.33. The minimum Gasteiger partial charge on any atom is -0.490 e. The van der Waals surface area contributed by atoms with Crippen LogP contribution in [0.1, 0.15) is 18.6 Å². The number of nitrogens with zero attached hydrogens (tertiary/aromatic N) is 1. The molecule has 152 valence electrons. The van der Waals surface area contributed by atoms with Gasteiger partial charge in [-0.15, -0.1) is 0 Å². The molecule has 1 aliphatic heterocycles. The fraction of sp³-hybridized carbons (Fsp3) is 0.400. The van der Waals surface area contributed by atoms with Crippen molar-refractivity contribution in [3.63, 3.8) is 0 Å². The topological polar surface area (TPSA) is 74.3 Å². The highest BCUT2D eigenvalue weighted by atomic mass is 32.2. The third-order valence-corrected chi connectivity index (χ3v) is 4.65. The van der Waals surface area contributed by atoms with Crippen molar-refractivity contribution < 1.29 is 26.9 Å². The molecule has 2 aromatic carbocycles. The summed E-state index contributed by atoms with van der Waals surface area (Å²) in [5, 5.41) is 1.40. The number of hydroxylamine groups is 2. The SMILES string of the molecule is CCOc1ccccc1O[C@H](c1ccccc1)[C@H]1CN(OS(C)(=O)=O)CCO1. The Balaban J connectivity index is 1.86. The lowest BCUT2D eigenvalue weighted by molar-refractivity contribution is -0.165. The van der Waals surface area contributed by atoms with E-state index in [0.29, 0.717) is 31.3 Å². The summed E-state index contributed by atoms with van der Waals surface area (Å²) in [7, 11) is -3.60. The number of para-hydroxylation sites is 2. The molecule has 0 aliphatic carbocycles. The third kappa shape index (κ3) is 5.68. The average molecular weight is 407 g/mol. The average Bonchev–Trinajstić information content (AvgIpc) is 2.67. The predicted octanol–water partition coefficient (Wildman–Crippen LogP) is 2.80. The maximum Gasteiger partial charge on any atom is 0.280 e. The van der Waals surface area contributed by atoms with Crippen LogP contribution in [0.15, 0.2) is 54.6 Å². The third-order valence-electron chi connectivity index (χ3n) is 4.17. The second kappa shape index (κ2) is 9.38. The molecule has 1 fully saturated rings. The number of ether oxygens (including phenoxy) is 3. The standard InChI is InChI=1S/C20H25NO6S/c1-3-24-17-11-7-8-12-18(17)26-20(16-9-5-4-6-10-16)19-15-21(13-14-25-19)27-28(2,22)23/h4-12,19-20H,3,13-15H2,1-2H3/t19-,20-/m1/s1. The number of hydrogen-bond acceptors (Lipinski definition) is 7. The zero-order valence-corrected chi connectivity index (χ0v) is 16.8. The van der Waals surface area contributed by atoms with Gasteiger partial charge < -0.3 is 14.2 Å². The molecule has 2 atom stereocenters. The maximum absolute atomic E-state index is 11.5. The van der Waals surface area contributed by atoms with E-state index < -0.39 is 22.3 Å². The first-order valence-corrected chi connectivity index (χ1v) is 11.0. The Morgan fingerprint density at radius 1 is 1.11 bits per heavy atom. The lowest BCUT2D eigenvalue weighted by Crippen LogP contribution is -2.46. The summed E-state index contributed by atoms with van der Waals surface area (Å²) in [5.41, 5.74) is 0.917. The lowest BCUT2D eigenvalue weighted by Gasteiger charge is -2.35. The number of benzene rings is 2. The number of morpholine rings is 1. The predicted molar refractivity (Wildman–Crippen MR) is 105 cm³/mol. The van der Waals surface area contributed by atoms with E-state index in [2.05, 4.69) is 0 Å². The Kier molecular flexibility index (Phi) is 6.90. The molecule has 0 bridgehead atoms. The van der Waals surface area contributed by atoms with E-state index in [9.17, 15) is 8.42 Å². The Labute approximate surface area is 165 Å². The molecule has 0 N–H and O–H groups in total. The van der Waals surface area contributed by atoms with Crippen molar-refractivity contribution in [2.45, 2.75) is 19.1 Å². The van der Waals surface area contributed by atoms with Gasteiger partial charge in [0.1, 0.15) is 6.10 Å². The minimum absolute atomic E-state index is 0.253. The smallest absolute Gasteiger partial charge is 0.280 e. The maximum atomic E-state index is 11.5. The van der Waals surface area contributed by atoms with Crippen LogP contribution in [-0.2, 0) is 19.1 Å². The number of hydrogen-bond donors (Lipinski definition) is 0. The van der Waals surface area contributed by atoms with Gasteiger partial charge in [0.15, 0.2) is 17.6 Å². The Bertz CT molecular complexity index is 858. The van der Waals surface area contributed by atoms with E-state index in [1.165, 1.54) is 5.06 Å². The van der Waals surface area contributed by atoms with Crippen molar-refractivity contribution in [1.82, 2.24) is 5.06 Å². The molecule has 0 amide bonds. The van der Waals surface area contributed by atoms with E-state index in [-0.39, 0.29) is 6.54 Å². The largest absolute Gasteiger partial charge is 0.490 e. The molecule has 2 aromatic rings. The van der Waals surface area contributed by atoms with E-state index in [1.807, 2.05) is 61.5 Å². The van der Waals surface area contributed by atoms with Crippen LogP contribution < -0.4 is 9.47 Å². The van der Waals surface area contributed by atoms with Gasteiger partial charge >= 0.3 is 0 Å². The first-order valence-electron chi connectivity index (χ1n) is 9.16. The van der Waals surface area contributed by atoms with Gasteiger partial charge in [-0.3, -0.25) is 0 Å². The molecule has 0 unspecified atom stereocenters. The molecule has 0 aromatic heterocycles. The van der Waals surface area contributed by atoms with Crippen LogP contribution in [-0.4, -0.2) is 52.1 Å². The van der Waals surface area contributed by atoms with Crippen molar-refractivity contribution >= 4 is 10.1 Å². The summed E-state index contributed by atoms with van der Waals surface area (Å²) >= 11 is 0. The highest BCUT2D eigenvalue weighted by Crippen LogP contribution is 2.34. The quantitative estimate of drug-likeness (QED) is 0.666. The Morgan fingerprint density at radius 2 is 1.79 bits per heavy atom. The van der Waals surface area contributed by atoms with E-state index >= 15 is 0 Å². The molecule has 0 saturated carbocycles. The van der Waals surface area contributed by atoms with Crippen molar-refractivity contribution in [1.29, 1.82) is 0 Å². The summed E-state index contributed by atoms with van der Waals surface area (Å²) in [6, 6.07) is 17.1. The summed E-state index contributed by atoms with van der Waals surface area (Å²) in [5.74, 6) is 1.24. The van der Waals surface area contributed by atoms with Gasteiger partial charge in [0.2, 0.25) is 0 Å². The molecular weight excluding hydrogens is 382 g/mol. The van der Waals surface area contributed by atoms with Crippen LogP contribution in [0.2, 0.25) is 0 Å². The molecular formula is C20H25NO6S. The van der Waals surface area contributed by atoms with Gasteiger partial charge in [-0.1, -0.05) is 42.5 Å². The normalized spacial score (nSPS) is 19.1. The molecule has 1 saturated heterocycles. The second-order valence-electron chi connectivity index (χ2n) is 6.40. The van der Waals surface area contributed by atoms with Crippen LogP contribution in [0, 0.1) is 0 Å². The fourth-order valence-electron chi connectivity index (χ4n) is 3.05. The van der Waals surface area contributed by atoms with Crippen molar-refractivity contribution in [3.05, 3.63) is 60.2 Å². The minimum atomic E-state index is -3.60. The molecule has 28 heavy (non-hydrogen) atoms. The van der Waals surface area contributed by atoms with E-state index in [4.69, 9.17) is 18.5 Å². The van der Waals surface area contributed by atoms with Crippen LogP contribution >= 0.6 is 0 Å². The molecule has 7 nitrogen and oxygen atoms in total. The molecule has 0 radical (unpaired) electrons. The first-order chi connectivity index (χ1) is 13.5. The van der Waals surface area contributed by atoms with Crippen LogP contribution in [0.25, 0.3) is 0 Å². The van der Waals surface area contributed by atoms with Gasteiger partial charge in [-0.05, 0) is 24.6 Å². The second-order valence-corrected chi connectivity index (χ2v) is 7.96. The van der Waals surface area contributed by atoms with E-state index in [0.717, 1.165) is 11.8 Å². The van der Waals surface area contributed by atoms with Crippen molar-refractivity contribution in [2.75, 3.05) is 32.6 Å².